The Balaban J connectivity index is 1.47. The minimum atomic E-state index is -0.909. The van der Waals surface area contributed by atoms with Gasteiger partial charge in [0.05, 0.1) is 11.4 Å². The molecule has 1 aliphatic rings. The van der Waals surface area contributed by atoms with Gasteiger partial charge in [0, 0.05) is 29.2 Å². The molecule has 5 aromatic rings. The first-order chi connectivity index (χ1) is 20.5. The number of benzene rings is 5. The summed E-state index contributed by atoms with van der Waals surface area (Å²) in [5.41, 5.74) is 23.3. The predicted molar refractivity (Wildman–Crippen MR) is 186 cm³/mol. The normalized spacial score (nSPS) is 13.0. The van der Waals surface area contributed by atoms with E-state index in [1.165, 1.54) is 32.6 Å². The van der Waals surface area contributed by atoms with Gasteiger partial charge in [-0.3, -0.25) is 0 Å². The van der Waals surface area contributed by atoms with Crippen LogP contribution in [0.1, 0.15) is 23.6 Å². The van der Waals surface area contributed by atoms with Crippen molar-refractivity contribution < 1.29 is 0 Å². The second-order valence-electron chi connectivity index (χ2n) is 10.5. The number of fused-ring (bicyclic) bond motifs is 1. The second kappa shape index (κ2) is 12.0. The first kappa shape index (κ1) is 27.4. The van der Waals surface area contributed by atoms with Crippen molar-refractivity contribution in [3.8, 4) is 11.1 Å². The number of para-hydroxylation sites is 1. The molecule has 1 heterocycles. The predicted octanol–water partition coefficient (Wildman–Crippen LogP) is 7.80. The maximum Gasteiger partial charge on any atom is 0.0624 e. The van der Waals surface area contributed by atoms with Crippen LogP contribution >= 0.6 is 7.92 Å². The molecule has 4 nitrogen and oxygen atoms in total. The Kier molecular flexibility index (Phi) is 7.81. The van der Waals surface area contributed by atoms with E-state index in [2.05, 4.69) is 127 Å². The third kappa shape index (κ3) is 5.54. The first-order valence-electron chi connectivity index (χ1n) is 14.2. The second-order valence-corrected chi connectivity index (χ2v) is 12.7. The van der Waals surface area contributed by atoms with Gasteiger partial charge in [0.15, 0.2) is 0 Å². The van der Waals surface area contributed by atoms with Gasteiger partial charge in [0.2, 0.25) is 0 Å². The van der Waals surface area contributed by atoms with Gasteiger partial charge in [-0.1, -0.05) is 91.0 Å². The summed E-state index contributed by atoms with van der Waals surface area (Å²) in [4.78, 5) is 0. The van der Waals surface area contributed by atoms with Crippen molar-refractivity contribution in [1.82, 2.24) is 0 Å². The van der Waals surface area contributed by atoms with Gasteiger partial charge < -0.3 is 22.1 Å². The maximum absolute atomic E-state index is 6.61. The molecule has 208 valence electrons. The van der Waals surface area contributed by atoms with E-state index < -0.39 is 7.92 Å². The summed E-state index contributed by atoms with van der Waals surface area (Å²) < 4.78 is 0. The lowest BCUT2D eigenvalue weighted by Crippen LogP contribution is -2.22. The topological polar surface area (TPSA) is 76.1 Å². The van der Waals surface area contributed by atoms with Gasteiger partial charge in [-0.05, 0) is 96.3 Å². The highest BCUT2D eigenvalue weighted by atomic mass is 31.1. The number of hydrogen-bond donors (Lipinski definition) is 4. The Morgan fingerprint density at radius 3 is 2.24 bits per heavy atom. The van der Waals surface area contributed by atoms with Crippen molar-refractivity contribution in [3.05, 3.63) is 132 Å². The van der Waals surface area contributed by atoms with Crippen LogP contribution in [0.5, 0.6) is 0 Å². The van der Waals surface area contributed by atoms with E-state index in [1.54, 1.807) is 0 Å². The molecule has 0 radical (unpaired) electrons. The highest BCUT2D eigenvalue weighted by Crippen LogP contribution is 2.39. The average Bonchev–Trinajstić information content (AvgIpc) is 3.01. The molecule has 1 aliphatic heterocycles. The van der Waals surface area contributed by atoms with Crippen molar-refractivity contribution in [2.24, 2.45) is 0 Å². The molecule has 0 fully saturated rings. The molecule has 6 rings (SSSR count). The molecule has 0 amide bonds. The van der Waals surface area contributed by atoms with Crippen LogP contribution in [-0.2, 0) is 0 Å². The van der Waals surface area contributed by atoms with Crippen molar-refractivity contribution in [2.75, 3.05) is 28.6 Å². The van der Waals surface area contributed by atoms with Gasteiger partial charge in [0.1, 0.15) is 0 Å². The molecule has 0 bridgehead atoms. The summed E-state index contributed by atoms with van der Waals surface area (Å²) in [6, 6.07) is 36.5. The zero-order chi connectivity index (χ0) is 29.1. The van der Waals surface area contributed by atoms with E-state index in [0.717, 1.165) is 40.4 Å². The zero-order valence-corrected chi connectivity index (χ0v) is 24.8. The molecule has 6 N–H and O–H groups in total. The molecule has 5 heteroatoms. The van der Waals surface area contributed by atoms with Gasteiger partial charge >= 0.3 is 0 Å². The number of anilines is 5. The van der Waals surface area contributed by atoms with Crippen LogP contribution in [-0.4, -0.2) is 6.54 Å². The summed E-state index contributed by atoms with van der Waals surface area (Å²) in [5.74, 6) is 0. The van der Waals surface area contributed by atoms with Crippen molar-refractivity contribution in [1.29, 1.82) is 0 Å². The lowest BCUT2D eigenvalue weighted by Gasteiger charge is -2.24. The smallest absolute Gasteiger partial charge is 0.0624 e. The average molecular weight is 567 g/mol. The fourth-order valence-corrected chi connectivity index (χ4v) is 7.80. The van der Waals surface area contributed by atoms with E-state index in [1.807, 2.05) is 25.1 Å². The minimum absolute atomic E-state index is 0.706. The van der Waals surface area contributed by atoms with Gasteiger partial charge in [0.25, 0.3) is 0 Å². The van der Waals surface area contributed by atoms with E-state index in [4.69, 9.17) is 11.5 Å². The lowest BCUT2D eigenvalue weighted by atomic mass is 9.99. The molecule has 5 aromatic carbocycles. The summed E-state index contributed by atoms with van der Waals surface area (Å²) >= 11 is 0. The number of rotatable bonds is 7. The zero-order valence-electron chi connectivity index (χ0n) is 23.9. The molecule has 1 unspecified atom stereocenters. The highest BCUT2D eigenvalue weighted by molar-refractivity contribution is 7.79. The van der Waals surface area contributed by atoms with Crippen LogP contribution in [0.2, 0.25) is 0 Å². The molecule has 0 spiro atoms. The minimum Gasteiger partial charge on any atom is -0.398 e. The van der Waals surface area contributed by atoms with E-state index in [-0.39, 0.29) is 0 Å². The number of hydrogen-bond acceptors (Lipinski definition) is 4. The largest absolute Gasteiger partial charge is 0.398 e. The first-order valence-corrected chi connectivity index (χ1v) is 15.5. The van der Waals surface area contributed by atoms with Crippen LogP contribution in [0.25, 0.3) is 23.3 Å². The molecular weight excluding hydrogens is 531 g/mol. The Labute approximate surface area is 249 Å². The summed E-state index contributed by atoms with van der Waals surface area (Å²) in [6.45, 7) is 4.99. The van der Waals surface area contributed by atoms with E-state index >= 15 is 0 Å². The molecule has 0 aromatic heterocycles. The fraction of sp³-hybridized carbons (Fsp3) is 0.0811. The Hall–Kier alpha value is -4.79. The highest BCUT2D eigenvalue weighted by Gasteiger charge is 2.21. The van der Waals surface area contributed by atoms with E-state index in [9.17, 15) is 0 Å². The van der Waals surface area contributed by atoms with Crippen LogP contribution in [0.3, 0.4) is 0 Å². The lowest BCUT2D eigenvalue weighted by molar-refractivity contribution is 1.31. The number of allylic oxidation sites excluding steroid dienone is 1. The standard InChI is InChI=1S/C37H35N4P/c1-3-9-27-22-28(17-19-33(27)38)42(29-16-15-26-11-8-21-40-36(26)23-29)30-18-20-34(39)37(24-30)41-35-14-7-6-13-32(35)31-12-5-4-10-25(31)2/h3-20,22-24,40-41H,21,38-39H2,1-2H3/b9-3-. The van der Waals surface area contributed by atoms with Gasteiger partial charge in [-0.2, -0.15) is 0 Å². The van der Waals surface area contributed by atoms with Crippen LogP contribution in [0, 0.1) is 6.92 Å². The fourth-order valence-electron chi connectivity index (χ4n) is 5.45. The van der Waals surface area contributed by atoms with Crippen LogP contribution in [0.15, 0.2) is 115 Å². The summed E-state index contributed by atoms with van der Waals surface area (Å²) in [6.07, 6.45) is 8.44. The molecule has 0 saturated heterocycles. The Bertz CT molecular complexity index is 1820. The van der Waals surface area contributed by atoms with Crippen molar-refractivity contribution in [3.63, 3.8) is 0 Å². The third-order valence-electron chi connectivity index (χ3n) is 7.60. The van der Waals surface area contributed by atoms with Crippen LogP contribution in [0.4, 0.5) is 28.4 Å². The van der Waals surface area contributed by atoms with Gasteiger partial charge in [-0.15, -0.1) is 0 Å². The molecular formula is C37H35N4P. The molecule has 42 heavy (non-hydrogen) atoms. The number of nitrogens with one attached hydrogen (secondary N) is 2. The summed E-state index contributed by atoms with van der Waals surface area (Å²) in [5, 5.41) is 10.9. The van der Waals surface area contributed by atoms with Gasteiger partial charge in [-0.25, -0.2) is 0 Å². The molecule has 0 saturated carbocycles. The Morgan fingerprint density at radius 1 is 0.738 bits per heavy atom. The Morgan fingerprint density at radius 2 is 1.43 bits per heavy atom. The van der Waals surface area contributed by atoms with Crippen molar-refractivity contribution in [2.45, 2.75) is 13.8 Å². The van der Waals surface area contributed by atoms with Crippen molar-refractivity contribution >= 4 is 64.4 Å². The third-order valence-corrected chi connectivity index (χ3v) is 9.99. The number of aryl methyl sites for hydroxylation is 1. The van der Waals surface area contributed by atoms with Crippen LogP contribution < -0.4 is 38.0 Å². The van der Waals surface area contributed by atoms with E-state index in [0.29, 0.717) is 5.69 Å². The SMILES string of the molecule is C/C=C\c1cc(P(c2ccc(N)c(Nc3ccccc3-c3ccccc3C)c2)c2ccc3c(c2)NCC=C3)ccc1N. The quantitative estimate of drug-likeness (QED) is 0.120. The monoisotopic (exact) mass is 566 g/mol. The molecule has 1 atom stereocenters. The summed E-state index contributed by atoms with van der Waals surface area (Å²) in [7, 11) is -0.909. The number of nitrogen functional groups attached to an aromatic ring is 2. The number of nitrogens with two attached hydrogens (primary N) is 2. The molecule has 0 aliphatic carbocycles. The maximum atomic E-state index is 6.61.